The second kappa shape index (κ2) is 7.25. The highest BCUT2D eigenvalue weighted by Gasteiger charge is 2.24. The van der Waals surface area contributed by atoms with Crippen LogP contribution in [0.1, 0.15) is 25.5 Å². The van der Waals surface area contributed by atoms with E-state index in [4.69, 9.17) is 0 Å². The van der Waals surface area contributed by atoms with E-state index in [2.05, 4.69) is 49.8 Å². The van der Waals surface area contributed by atoms with Crippen molar-refractivity contribution in [1.29, 1.82) is 0 Å². The molecule has 0 aromatic carbocycles. The number of piperazine rings is 1. The highest BCUT2D eigenvalue weighted by molar-refractivity contribution is 5.47. The predicted molar refractivity (Wildman–Crippen MR) is 99.0 cm³/mol. The number of fused-ring (bicyclic) bond motifs is 1. The van der Waals surface area contributed by atoms with Gasteiger partial charge in [0.1, 0.15) is 12.1 Å². The summed E-state index contributed by atoms with van der Waals surface area (Å²) in [6, 6.07) is 2.17. The molecule has 1 atom stereocenters. The Morgan fingerprint density at radius 2 is 2.00 bits per heavy atom. The largest absolute Gasteiger partial charge is 0.354 e. The lowest BCUT2D eigenvalue weighted by molar-refractivity contribution is 0.147. The summed E-state index contributed by atoms with van der Waals surface area (Å²) < 4.78 is 1.88. The van der Waals surface area contributed by atoms with Gasteiger partial charge in [0.25, 0.3) is 5.78 Å². The van der Waals surface area contributed by atoms with Crippen molar-refractivity contribution in [3.05, 3.63) is 18.1 Å². The lowest BCUT2D eigenvalue weighted by Gasteiger charge is -2.39. The van der Waals surface area contributed by atoms with Crippen LogP contribution < -0.4 is 4.90 Å². The summed E-state index contributed by atoms with van der Waals surface area (Å²) in [4.78, 5) is 16.4. The minimum atomic E-state index is 0.710. The molecule has 0 saturated carbocycles. The van der Waals surface area contributed by atoms with Crippen molar-refractivity contribution in [3.63, 3.8) is 0 Å². The van der Waals surface area contributed by atoms with Crippen molar-refractivity contribution in [2.24, 2.45) is 5.92 Å². The van der Waals surface area contributed by atoms with Gasteiger partial charge in [-0.25, -0.2) is 4.98 Å². The van der Waals surface area contributed by atoms with E-state index in [1.54, 1.807) is 6.33 Å². The fraction of sp³-hybridized carbons (Fsp3) is 0.722. The number of likely N-dealkylation sites (tertiary alicyclic amines) is 1. The third kappa shape index (κ3) is 3.62. The number of anilines is 1. The Morgan fingerprint density at radius 3 is 2.76 bits per heavy atom. The Kier molecular flexibility index (Phi) is 4.85. The van der Waals surface area contributed by atoms with Crippen LogP contribution >= 0.6 is 0 Å². The number of aryl methyl sites for hydroxylation is 1. The van der Waals surface area contributed by atoms with Gasteiger partial charge in [0.15, 0.2) is 0 Å². The highest BCUT2D eigenvalue weighted by atomic mass is 15.4. The monoisotopic (exact) mass is 343 g/mol. The van der Waals surface area contributed by atoms with Crippen LogP contribution in [-0.4, -0.2) is 82.2 Å². The van der Waals surface area contributed by atoms with E-state index >= 15 is 0 Å². The molecule has 2 aliphatic heterocycles. The van der Waals surface area contributed by atoms with E-state index in [-0.39, 0.29) is 0 Å². The number of hydrogen-bond acceptors (Lipinski definition) is 6. The molecule has 0 aliphatic carbocycles. The fourth-order valence-corrected chi connectivity index (χ4v) is 4.20. The molecular weight excluding hydrogens is 314 g/mol. The van der Waals surface area contributed by atoms with Crippen LogP contribution in [-0.2, 0) is 6.42 Å². The lowest BCUT2D eigenvalue weighted by Crippen LogP contribution is -2.49. The van der Waals surface area contributed by atoms with Crippen LogP contribution in [0.4, 0.5) is 5.82 Å². The summed E-state index contributed by atoms with van der Waals surface area (Å²) in [7, 11) is 2.25. The molecule has 2 fully saturated rings. The fourth-order valence-electron chi connectivity index (χ4n) is 4.20. The summed E-state index contributed by atoms with van der Waals surface area (Å²) in [5, 5.41) is 4.37. The molecule has 2 aromatic heterocycles. The molecule has 7 heteroatoms. The Balaban J connectivity index is 1.41. The third-order valence-corrected chi connectivity index (χ3v) is 5.58. The van der Waals surface area contributed by atoms with Crippen molar-refractivity contribution in [2.45, 2.75) is 26.2 Å². The summed E-state index contributed by atoms with van der Waals surface area (Å²) in [5.74, 6) is 2.68. The molecule has 7 nitrogen and oxygen atoms in total. The molecule has 0 amide bonds. The minimum Gasteiger partial charge on any atom is -0.354 e. The molecule has 0 unspecified atom stereocenters. The maximum absolute atomic E-state index is 4.56. The van der Waals surface area contributed by atoms with Gasteiger partial charge in [0, 0.05) is 51.0 Å². The quantitative estimate of drug-likeness (QED) is 0.830. The van der Waals surface area contributed by atoms with Crippen molar-refractivity contribution in [1.82, 2.24) is 29.4 Å². The molecule has 0 spiro atoms. The van der Waals surface area contributed by atoms with Crippen molar-refractivity contribution >= 4 is 11.6 Å². The molecule has 0 radical (unpaired) electrons. The van der Waals surface area contributed by atoms with Gasteiger partial charge in [-0.1, -0.05) is 6.92 Å². The number of aromatic nitrogens is 4. The lowest BCUT2D eigenvalue weighted by atomic mass is 9.97. The minimum absolute atomic E-state index is 0.710. The zero-order valence-corrected chi connectivity index (χ0v) is 15.4. The summed E-state index contributed by atoms with van der Waals surface area (Å²) in [6.45, 7) is 10.2. The normalized spacial score (nSPS) is 23.4. The molecule has 4 rings (SSSR count). The number of rotatable bonds is 4. The SMILES string of the molecule is CCc1cc(N2CCN(C[C@@H]3CCCN(C)C3)CC2)n2ncnc2n1. The van der Waals surface area contributed by atoms with Crippen LogP contribution in [0, 0.1) is 5.92 Å². The van der Waals surface area contributed by atoms with E-state index in [1.807, 2.05) is 4.52 Å². The predicted octanol–water partition coefficient (Wildman–Crippen LogP) is 1.15. The van der Waals surface area contributed by atoms with Crippen LogP contribution in [0.5, 0.6) is 0 Å². The molecule has 0 N–H and O–H groups in total. The molecular formula is C18H29N7. The van der Waals surface area contributed by atoms with E-state index in [1.165, 1.54) is 32.5 Å². The zero-order valence-electron chi connectivity index (χ0n) is 15.4. The van der Waals surface area contributed by atoms with Gasteiger partial charge in [-0.3, -0.25) is 4.90 Å². The average Bonchev–Trinajstić information content (AvgIpc) is 3.10. The van der Waals surface area contributed by atoms with Crippen LogP contribution in [0.15, 0.2) is 12.4 Å². The van der Waals surface area contributed by atoms with Gasteiger partial charge in [0.2, 0.25) is 0 Å². The maximum Gasteiger partial charge on any atom is 0.254 e. The van der Waals surface area contributed by atoms with Gasteiger partial charge in [-0.15, -0.1) is 0 Å². The van der Waals surface area contributed by atoms with Crippen LogP contribution in [0.25, 0.3) is 5.78 Å². The Morgan fingerprint density at radius 1 is 1.16 bits per heavy atom. The Bertz CT molecular complexity index is 705. The van der Waals surface area contributed by atoms with Gasteiger partial charge < -0.3 is 9.80 Å². The Hall–Kier alpha value is -1.73. The molecule has 2 saturated heterocycles. The van der Waals surface area contributed by atoms with Gasteiger partial charge in [0.05, 0.1) is 0 Å². The zero-order chi connectivity index (χ0) is 17.2. The molecule has 2 aliphatic rings. The highest BCUT2D eigenvalue weighted by Crippen LogP contribution is 2.21. The first-order valence-corrected chi connectivity index (χ1v) is 9.58. The standard InChI is InChI=1S/C18H29N7/c1-3-16-11-17(25-18(21-16)19-14-20-25)24-9-7-23(8-10-24)13-15-5-4-6-22(2)12-15/h11,14-15H,3-10,12-13H2,1-2H3/t15-/m1/s1. The molecule has 25 heavy (non-hydrogen) atoms. The van der Waals surface area contributed by atoms with E-state index < -0.39 is 0 Å². The number of piperidine rings is 1. The Labute approximate surface area is 149 Å². The number of nitrogens with zero attached hydrogens (tertiary/aromatic N) is 7. The smallest absolute Gasteiger partial charge is 0.254 e. The topological polar surface area (TPSA) is 52.8 Å². The molecule has 2 aromatic rings. The second-order valence-electron chi connectivity index (χ2n) is 7.49. The first-order valence-electron chi connectivity index (χ1n) is 9.58. The van der Waals surface area contributed by atoms with Crippen LogP contribution in [0.2, 0.25) is 0 Å². The molecule has 4 heterocycles. The van der Waals surface area contributed by atoms with E-state index in [0.29, 0.717) is 5.78 Å². The molecule has 136 valence electrons. The van der Waals surface area contributed by atoms with Crippen LogP contribution in [0.3, 0.4) is 0 Å². The van der Waals surface area contributed by atoms with E-state index in [9.17, 15) is 0 Å². The maximum atomic E-state index is 4.56. The first kappa shape index (κ1) is 16.7. The average molecular weight is 343 g/mol. The van der Waals surface area contributed by atoms with Gasteiger partial charge >= 0.3 is 0 Å². The second-order valence-corrected chi connectivity index (χ2v) is 7.49. The summed E-state index contributed by atoms with van der Waals surface area (Å²) in [6.07, 6.45) is 5.25. The van der Waals surface area contributed by atoms with Crippen molar-refractivity contribution < 1.29 is 0 Å². The van der Waals surface area contributed by atoms with E-state index in [0.717, 1.165) is 50.0 Å². The van der Waals surface area contributed by atoms with Crippen molar-refractivity contribution in [3.8, 4) is 0 Å². The summed E-state index contributed by atoms with van der Waals surface area (Å²) in [5.41, 5.74) is 1.09. The number of hydrogen-bond donors (Lipinski definition) is 0. The first-order chi connectivity index (χ1) is 12.2. The van der Waals surface area contributed by atoms with Gasteiger partial charge in [-0.2, -0.15) is 14.6 Å². The molecule has 0 bridgehead atoms. The summed E-state index contributed by atoms with van der Waals surface area (Å²) >= 11 is 0. The van der Waals surface area contributed by atoms with Crippen molar-refractivity contribution in [2.75, 3.05) is 57.8 Å². The third-order valence-electron chi connectivity index (χ3n) is 5.58. The van der Waals surface area contributed by atoms with Gasteiger partial charge in [-0.05, 0) is 38.8 Å².